The standard InChI is InChI=1S/C12H21N3O2S/c1-4-14-11-5-6-12(10(2)9-11)15(3)18(16,17)8-7-13/h5-6,9,14H,4,7-8,13H2,1-3H3. The Labute approximate surface area is 109 Å². The zero-order chi connectivity index (χ0) is 13.8. The molecule has 1 aromatic rings. The number of rotatable bonds is 6. The zero-order valence-electron chi connectivity index (χ0n) is 11.1. The first-order chi connectivity index (χ1) is 8.42. The van der Waals surface area contributed by atoms with E-state index in [1.165, 1.54) is 4.31 Å². The summed E-state index contributed by atoms with van der Waals surface area (Å²) in [5.41, 5.74) is 7.90. The van der Waals surface area contributed by atoms with Crippen LogP contribution in [0.25, 0.3) is 0 Å². The van der Waals surface area contributed by atoms with Gasteiger partial charge in [-0.25, -0.2) is 8.42 Å². The summed E-state index contributed by atoms with van der Waals surface area (Å²) in [4.78, 5) is 0. The van der Waals surface area contributed by atoms with E-state index in [4.69, 9.17) is 5.73 Å². The first-order valence-corrected chi connectivity index (χ1v) is 7.54. The van der Waals surface area contributed by atoms with Crippen LogP contribution in [0, 0.1) is 6.92 Å². The van der Waals surface area contributed by atoms with Gasteiger partial charge in [-0.3, -0.25) is 4.31 Å². The number of aryl methyl sites for hydroxylation is 1. The largest absolute Gasteiger partial charge is 0.385 e. The van der Waals surface area contributed by atoms with Crippen molar-refractivity contribution in [2.24, 2.45) is 5.73 Å². The van der Waals surface area contributed by atoms with Gasteiger partial charge in [-0.2, -0.15) is 0 Å². The van der Waals surface area contributed by atoms with Gasteiger partial charge in [-0.15, -0.1) is 0 Å². The molecule has 0 saturated carbocycles. The van der Waals surface area contributed by atoms with Crippen molar-refractivity contribution >= 4 is 21.4 Å². The third kappa shape index (κ3) is 3.36. The molecule has 0 bridgehead atoms. The predicted molar refractivity (Wildman–Crippen MR) is 76.6 cm³/mol. The lowest BCUT2D eigenvalue weighted by Crippen LogP contribution is -2.32. The summed E-state index contributed by atoms with van der Waals surface area (Å²) in [6.07, 6.45) is 0. The smallest absolute Gasteiger partial charge is 0.236 e. The van der Waals surface area contributed by atoms with Gasteiger partial charge in [0.25, 0.3) is 0 Å². The van der Waals surface area contributed by atoms with Crippen LogP contribution in [0.15, 0.2) is 18.2 Å². The maximum absolute atomic E-state index is 11.9. The third-order valence-corrected chi connectivity index (χ3v) is 4.49. The molecule has 5 nitrogen and oxygen atoms in total. The Morgan fingerprint density at radius 3 is 2.56 bits per heavy atom. The average Bonchev–Trinajstić information content (AvgIpc) is 2.29. The van der Waals surface area contributed by atoms with E-state index < -0.39 is 10.0 Å². The molecule has 0 aromatic heterocycles. The van der Waals surface area contributed by atoms with Gasteiger partial charge >= 0.3 is 0 Å². The van der Waals surface area contributed by atoms with Gasteiger partial charge in [0, 0.05) is 25.8 Å². The average molecular weight is 271 g/mol. The molecule has 0 radical (unpaired) electrons. The quantitative estimate of drug-likeness (QED) is 0.814. The normalized spacial score (nSPS) is 11.3. The molecular formula is C12H21N3O2S. The van der Waals surface area contributed by atoms with Crippen LogP contribution in [0.1, 0.15) is 12.5 Å². The second kappa shape index (κ2) is 6.06. The van der Waals surface area contributed by atoms with E-state index in [1.807, 2.05) is 26.0 Å². The Balaban J connectivity index is 3.03. The molecule has 0 fully saturated rings. The predicted octanol–water partition coefficient (Wildman–Crippen LogP) is 1.15. The molecule has 18 heavy (non-hydrogen) atoms. The molecule has 0 saturated heterocycles. The molecule has 0 unspecified atom stereocenters. The van der Waals surface area contributed by atoms with Crippen LogP contribution in [0.5, 0.6) is 0 Å². The van der Waals surface area contributed by atoms with E-state index in [0.717, 1.165) is 17.8 Å². The minimum absolute atomic E-state index is 0.0437. The number of nitrogens with two attached hydrogens (primary N) is 1. The van der Waals surface area contributed by atoms with Crippen molar-refractivity contribution in [2.45, 2.75) is 13.8 Å². The van der Waals surface area contributed by atoms with Crippen LogP contribution in [0.3, 0.4) is 0 Å². The van der Waals surface area contributed by atoms with Crippen LogP contribution in [0.4, 0.5) is 11.4 Å². The lowest BCUT2D eigenvalue weighted by atomic mass is 10.2. The lowest BCUT2D eigenvalue weighted by molar-refractivity contribution is 0.594. The lowest BCUT2D eigenvalue weighted by Gasteiger charge is -2.21. The maximum atomic E-state index is 11.9. The van der Waals surface area contributed by atoms with Gasteiger partial charge in [0.05, 0.1) is 11.4 Å². The SMILES string of the molecule is CCNc1ccc(N(C)S(=O)(=O)CCN)c(C)c1. The van der Waals surface area contributed by atoms with E-state index in [9.17, 15) is 8.42 Å². The molecular weight excluding hydrogens is 250 g/mol. The topological polar surface area (TPSA) is 75.4 Å². The monoisotopic (exact) mass is 271 g/mol. The van der Waals surface area contributed by atoms with E-state index in [2.05, 4.69) is 5.32 Å². The molecule has 0 amide bonds. The fourth-order valence-electron chi connectivity index (χ4n) is 1.76. The van der Waals surface area contributed by atoms with Crippen molar-refractivity contribution < 1.29 is 8.42 Å². The summed E-state index contributed by atoms with van der Waals surface area (Å²) >= 11 is 0. The molecule has 0 spiro atoms. The van der Waals surface area contributed by atoms with E-state index >= 15 is 0 Å². The third-order valence-electron chi connectivity index (χ3n) is 2.71. The van der Waals surface area contributed by atoms with Crippen LogP contribution < -0.4 is 15.4 Å². The summed E-state index contributed by atoms with van der Waals surface area (Å²) in [7, 11) is -1.77. The summed E-state index contributed by atoms with van der Waals surface area (Å²) in [6.45, 7) is 4.87. The number of sulfonamides is 1. The number of hydrogen-bond acceptors (Lipinski definition) is 4. The Bertz CT molecular complexity index is 500. The van der Waals surface area contributed by atoms with E-state index in [-0.39, 0.29) is 12.3 Å². The van der Waals surface area contributed by atoms with Crippen molar-refractivity contribution in [3.05, 3.63) is 23.8 Å². The number of anilines is 2. The van der Waals surface area contributed by atoms with Crippen LogP contribution in [-0.2, 0) is 10.0 Å². The van der Waals surface area contributed by atoms with Gasteiger partial charge in [-0.1, -0.05) is 0 Å². The second-order valence-corrected chi connectivity index (χ2v) is 6.22. The first-order valence-electron chi connectivity index (χ1n) is 5.93. The van der Waals surface area contributed by atoms with Crippen LogP contribution in [0.2, 0.25) is 0 Å². The first kappa shape index (κ1) is 14.8. The molecule has 1 aromatic carbocycles. The number of hydrogen-bond donors (Lipinski definition) is 2. The summed E-state index contributed by atoms with van der Waals surface area (Å²) < 4.78 is 25.1. The van der Waals surface area contributed by atoms with Gasteiger partial charge in [0.15, 0.2) is 0 Å². The van der Waals surface area contributed by atoms with Gasteiger partial charge in [0.2, 0.25) is 10.0 Å². The molecule has 0 aliphatic heterocycles. The van der Waals surface area contributed by atoms with Crippen molar-refractivity contribution in [3.63, 3.8) is 0 Å². The molecule has 102 valence electrons. The van der Waals surface area contributed by atoms with Crippen molar-refractivity contribution in [1.82, 2.24) is 0 Å². The van der Waals surface area contributed by atoms with Crippen LogP contribution in [-0.4, -0.2) is 34.3 Å². The Morgan fingerprint density at radius 1 is 1.39 bits per heavy atom. The van der Waals surface area contributed by atoms with E-state index in [0.29, 0.717) is 5.69 Å². The Morgan fingerprint density at radius 2 is 2.06 bits per heavy atom. The summed E-state index contributed by atoms with van der Waals surface area (Å²) in [5.74, 6) is -0.0437. The number of nitrogens with zero attached hydrogens (tertiary/aromatic N) is 1. The highest BCUT2D eigenvalue weighted by atomic mass is 32.2. The van der Waals surface area contributed by atoms with Crippen molar-refractivity contribution in [3.8, 4) is 0 Å². The summed E-state index contributed by atoms with van der Waals surface area (Å²) in [5, 5.41) is 3.19. The highest BCUT2D eigenvalue weighted by molar-refractivity contribution is 7.92. The fourth-order valence-corrected chi connectivity index (χ4v) is 2.83. The fraction of sp³-hybridized carbons (Fsp3) is 0.500. The number of benzene rings is 1. The van der Waals surface area contributed by atoms with Crippen molar-refractivity contribution in [1.29, 1.82) is 0 Å². The Hall–Kier alpha value is -1.27. The molecule has 1 rings (SSSR count). The molecule has 0 heterocycles. The molecule has 0 aliphatic carbocycles. The molecule has 3 N–H and O–H groups in total. The van der Waals surface area contributed by atoms with Gasteiger partial charge in [0.1, 0.15) is 0 Å². The molecule has 0 atom stereocenters. The summed E-state index contributed by atoms with van der Waals surface area (Å²) in [6, 6.07) is 5.62. The second-order valence-electron chi connectivity index (χ2n) is 4.10. The molecule has 6 heteroatoms. The minimum atomic E-state index is -3.32. The highest BCUT2D eigenvalue weighted by Gasteiger charge is 2.18. The van der Waals surface area contributed by atoms with E-state index in [1.54, 1.807) is 13.1 Å². The molecule has 0 aliphatic rings. The van der Waals surface area contributed by atoms with Gasteiger partial charge < -0.3 is 11.1 Å². The Kier molecular flexibility index (Phi) is 4.98. The maximum Gasteiger partial charge on any atom is 0.236 e. The zero-order valence-corrected chi connectivity index (χ0v) is 11.9. The van der Waals surface area contributed by atoms with Crippen molar-refractivity contribution in [2.75, 3.05) is 35.5 Å². The number of nitrogens with one attached hydrogen (secondary N) is 1. The minimum Gasteiger partial charge on any atom is -0.385 e. The van der Waals surface area contributed by atoms with Gasteiger partial charge in [-0.05, 0) is 37.6 Å². The van der Waals surface area contributed by atoms with Crippen LogP contribution >= 0.6 is 0 Å². The highest BCUT2D eigenvalue weighted by Crippen LogP contribution is 2.24.